The molecule has 3 rings (SSSR count). The molecular weight excluding hydrogens is 294 g/mol. The first-order chi connectivity index (χ1) is 11.1. The molecule has 0 unspecified atom stereocenters. The number of hydrogen-bond donors (Lipinski definition) is 1. The van der Waals surface area contributed by atoms with Gasteiger partial charge in [0.05, 0.1) is 18.6 Å². The summed E-state index contributed by atoms with van der Waals surface area (Å²) in [5, 5.41) is 2.56. The zero-order valence-electron chi connectivity index (χ0n) is 13.2. The van der Waals surface area contributed by atoms with Gasteiger partial charge >= 0.3 is 0 Å². The molecule has 3 amide bonds. The average Bonchev–Trinajstić information content (AvgIpc) is 2.97. The lowest BCUT2D eigenvalue weighted by Crippen LogP contribution is -2.54. The van der Waals surface area contributed by atoms with Crippen molar-refractivity contribution in [3.63, 3.8) is 0 Å². The molecule has 1 aromatic rings. The van der Waals surface area contributed by atoms with Crippen LogP contribution in [0.15, 0.2) is 30.3 Å². The Kier molecular flexibility index (Phi) is 4.32. The zero-order valence-corrected chi connectivity index (χ0v) is 13.2. The van der Waals surface area contributed by atoms with Crippen molar-refractivity contribution >= 4 is 23.4 Å². The molecule has 0 spiro atoms. The van der Waals surface area contributed by atoms with E-state index in [2.05, 4.69) is 5.32 Å². The Morgan fingerprint density at radius 3 is 2.61 bits per heavy atom. The van der Waals surface area contributed by atoms with Crippen LogP contribution >= 0.6 is 0 Å². The van der Waals surface area contributed by atoms with Gasteiger partial charge in [0.1, 0.15) is 0 Å². The van der Waals surface area contributed by atoms with Crippen LogP contribution in [0.3, 0.4) is 0 Å². The summed E-state index contributed by atoms with van der Waals surface area (Å²) < 4.78 is 0. The highest BCUT2D eigenvalue weighted by atomic mass is 16.2. The topological polar surface area (TPSA) is 69.7 Å². The highest BCUT2D eigenvalue weighted by Gasteiger charge is 2.45. The van der Waals surface area contributed by atoms with Crippen molar-refractivity contribution in [2.75, 3.05) is 18.0 Å². The van der Waals surface area contributed by atoms with Crippen molar-refractivity contribution in [3.8, 4) is 0 Å². The summed E-state index contributed by atoms with van der Waals surface area (Å²) in [5.74, 6) is -0.164. The smallest absolute Gasteiger partial charge is 0.242 e. The predicted molar refractivity (Wildman–Crippen MR) is 85.8 cm³/mol. The molecule has 1 aromatic carbocycles. The van der Waals surface area contributed by atoms with Gasteiger partial charge in [0.2, 0.25) is 17.7 Å². The first-order valence-corrected chi connectivity index (χ1v) is 7.99. The maximum absolute atomic E-state index is 12.4. The number of anilines is 1. The maximum Gasteiger partial charge on any atom is 0.242 e. The monoisotopic (exact) mass is 315 g/mol. The zero-order chi connectivity index (χ0) is 16.4. The highest BCUT2D eigenvalue weighted by Crippen LogP contribution is 2.34. The molecule has 2 heterocycles. The third-order valence-corrected chi connectivity index (χ3v) is 4.61. The Bertz CT molecular complexity index is 617. The summed E-state index contributed by atoms with van der Waals surface area (Å²) in [6, 6.07) is 9.69. The minimum absolute atomic E-state index is 0.0256. The molecule has 0 bridgehead atoms. The molecule has 0 radical (unpaired) electrons. The van der Waals surface area contributed by atoms with Crippen LogP contribution < -0.4 is 10.2 Å². The van der Waals surface area contributed by atoms with E-state index < -0.39 is 0 Å². The van der Waals surface area contributed by atoms with Crippen LogP contribution in [0.2, 0.25) is 0 Å². The number of amides is 3. The second-order valence-corrected chi connectivity index (χ2v) is 6.06. The number of carbonyl (C=O) groups is 3. The van der Waals surface area contributed by atoms with Crippen molar-refractivity contribution in [2.24, 2.45) is 0 Å². The lowest BCUT2D eigenvalue weighted by Gasteiger charge is -2.39. The number of hydrogen-bond acceptors (Lipinski definition) is 3. The predicted octanol–water partition coefficient (Wildman–Crippen LogP) is 0.919. The molecule has 2 saturated heterocycles. The first kappa shape index (κ1) is 15.5. The second kappa shape index (κ2) is 6.40. The Morgan fingerprint density at radius 1 is 1.17 bits per heavy atom. The van der Waals surface area contributed by atoms with Crippen LogP contribution in [0.5, 0.6) is 0 Å². The SMILES string of the molecule is CC(=O)NCC(=O)N1CC[C@H]2[C@@H]1CCC(=O)N2c1ccccc1. The largest absolute Gasteiger partial charge is 0.347 e. The number of likely N-dealkylation sites (tertiary alicyclic amines) is 1. The number of nitrogens with one attached hydrogen (secondary N) is 1. The van der Waals surface area contributed by atoms with Gasteiger partial charge in [0.25, 0.3) is 0 Å². The number of para-hydroxylation sites is 1. The van der Waals surface area contributed by atoms with Crippen LogP contribution in [0.1, 0.15) is 26.2 Å². The van der Waals surface area contributed by atoms with Crippen LogP contribution in [-0.2, 0) is 14.4 Å². The van der Waals surface area contributed by atoms with Crippen molar-refractivity contribution in [2.45, 2.75) is 38.3 Å². The highest BCUT2D eigenvalue weighted by molar-refractivity contribution is 5.95. The van der Waals surface area contributed by atoms with Gasteiger partial charge in [-0.1, -0.05) is 18.2 Å². The number of piperidine rings is 1. The quantitative estimate of drug-likeness (QED) is 0.902. The lowest BCUT2D eigenvalue weighted by molar-refractivity contribution is -0.134. The van der Waals surface area contributed by atoms with E-state index in [1.54, 1.807) is 0 Å². The number of benzene rings is 1. The van der Waals surface area contributed by atoms with Crippen molar-refractivity contribution in [1.29, 1.82) is 0 Å². The molecule has 23 heavy (non-hydrogen) atoms. The van der Waals surface area contributed by atoms with Gasteiger partial charge in [-0.15, -0.1) is 0 Å². The number of nitrogens with zero attached hydrogens (tertiary/aromatic N) is 2. The molecule has 0 saturated carbocycles. The van der Waals surface area contributed by atoms with Crippen molar-refractivity contribution < 1.29 is 14.4 Å². The molecule has 2 aliphatic heterocycles. The second-order valence-electron chi connectivity index (χ2n) is 6.06. The minimum Gasteiger partial charge on any atom is -0.347 e. The van der Waals surface area contributed by atoms with Gasteiger partial charge in [-0.25, -0.2) is 0 Å². The van der Waals surface area contributed by atoms with Gasteiger partial charge in [-0.05, 0) is 25.0 Å². The van der Waals surface area contributed by atoms with Crippen LogP contribution in [0.25, 0.3) is 0 Å². The molecular formula is C17H21N3O3. The van der Waals surface area contributed by atoms with Gasteiger partial charge in [0, 0.05) is 25.6 Å². The standard InChI is InChI=1S/C17H21N3O3/c1-12(21)18-11-17(23)19-10-9-15-14(19)7-8-16(22)20(15)13-5-3-2-4-6-13/h2-6,14-15H,7-11H2,1H3,(H,18,21)/t14-,15-/m0/s1. The van der Waals surface area contributed by atoms with Crippen molar-refractivity contribution in [1.82, 2.24) is 10.2 Å². The summed E-state index contributed by atoms with van der Waals surface area (Å²) in [4.78, 5) is 39.4. The lowest BCUT2D eigenvalue weighted by atomic mass is 9.95. The molecule has 2 aliphatic rings. The van der Waals surface area contributed by atoms with Gasteiger partial charge in [0.15, 0.2) is 0 Å². The van der Waals surface area contributed by atoms with Crippen LogP contribution in [0.4, 0.5) is 5.69 Å². The Labute approximate surface area is 135 Å². The van der Waals surface area contributed by atoms with Gasteiger partial charge in [-0.3, -0.25) is 14.4 Å². The summed E-state index contributed by atoms with van der Waals surface area (Å²) in [5.41, 5.74) is 0.892. The average molecular weight is 315 g/mol. The Hall–Kier alpha value is -2.37. The fourth-order valence-electron chi connectivity index (χ4n) is 3.60. The molecule has 2 fully saturated rings. The van der Waals surface area contributed by atoms with Gasteiger partial charge in [-0.2, -0.15) is 0 Å². The molecule has 6 heteroatoms. The molecule has 2 atom stereocenters. The number of rotatable bonds is 3. The molecule has 6 nitrogen and oxygen atoms in total. The van der Waals surface area contributed by atoms with E-state index >= 15 is 0 Å². The molecule has 0 aliphatic carbocycles. The Morgan fingerprint density at radius 2 is 1.91 bits per heavy atom. The summed E-state index contributed by atoms with van der Waals surface area (Å²) in [7, 11) is 0. The molecule has 1 N–H and O–H groups in total. The third-order valence-electron chi connectivity index (χ3n) is 4.61. The van der Waals surface area contributed by atoms with E-state index in [4.69, 9.17) is 0 Å². The normalized spacial score (nSPS) is 23.6. The van der Waals surface area contributed by atoms with E-state index in [1.165, 1.54) is 6.92 Å². The first-order valence-electron chi connectivity index (χ1n) is 7.99. The van der Waals surface area contributed by atoms with Crippen LogP contribution in [0, 0.1) is 0 Å². The van der Waals surface area contributed by atoms with E-state index in [-0.39, 0.29) is 36.3 Å². The fraction of sp³-hybridized carbons (Fsp3) is 0.471. The van der Waals surface area contributed by atoms with Crippen molar-refractivity contribution in [3.05, 3.63) is 30.3 Å². The molecule has 122 valence electrons. The molecule has 0 aromatic heterocycles. The third kappa shape index (κ3) is 3.06. The van der Waals surface area contributed by atoms with E-state index in [0.29, 0.717) is 19.4 Å². The number of fused-ring (bicyclic) bond motifs is 1. The summed E-state index contributed by atoms with van der Waals surface area (Å²) in [6.07, 6.45) is 1.91. The van der Waals surface area contributed by atoms with E-state index in [1.807, 2.05) is 40.1 Å². The van der Waals surface area contributed by atoms with Gasteiger partial charge < -0.3 is 15.1 Å². The summed E-state index contributed by atoms with van der Waals surface area (Å²) in [6.45, 7) is 2.05. The minimum atomic E-state index is -0.209. The Balaban J connectivity index is 1.76. The summed E-state index contributed by atoms with van der Waals surface area (Å²) >= 11 is 0. The van der Waals surface area contributed by atoms with E-state index in [0.717, 1.165) is 12.1 Å². The fourth-order valence-corrected chi connectivity index (χ4v) is 3.60. The van der Waals surface area contributed by atoms with E-state index in [9.17, 15) is 14.4 Å². The maximum atomic E-state index is 12.4. The number of carbonyl (C=O) groups excluding carboxylic acids is 3. The van der Waals surface area contributed by atoms with Crippen LogP contribution in [-0.4, -0.2) is 47.8 Å².